The van der Waals surface area contributed by atoms with Gasteiger partial charge in [-0.3, -0.25) is 4.79 Å². The first-order chi connectivity index (χ1) is 21.8. The van der Waals surface area contributed by atoms with E-state index in [1.807, 2.05) is 0 Å². The van der Waals surface area contributed by atoms with Crippen LogP contribution in [0, 0.1) is 23.2 Å². The highest BCUT2D eigenvalue weighted by molar-refractivity contribution is 7.93. The molecular formula is C33H36N6O5S. The normalized spacial score (nSPS) is 20.8. The number of urea groups is 1. The molecule has 1 aromatic heterocycles. The zero-order valence-electron chi connectivity index (χ0n) is 25.1. The summed E-state index contributed by atoms with van der Waals surface area (Å²) in [6.07, 6.45) is 5.44. The second-order valence-corrected chi connectivity index (χ2v) is 13.4. The Morgan fingerprint density at radius 3 is 2.44 bits per heavy atom. The first-order valence-electron chi connectivity index (χ1n) is 15.4. The van der Waals surface area contributed by atoms with Crippen molar-refractivity contribution in [3.8, 4) is 11.9 Å². The standard InChI is InChI=1S/C33H36N6O5S/c1-2-44-30-27(9-6-16-36-30)33(37-32(41)38-19-14-25(15-20-38)24-12-17-35-18-13-24)28-21-23(22-34)10-11-29(28)39(31(33)40)45(42,43)26-7-4-3-5-8-26/h3-11,16,21,24-25,35H,2,12-15,17-20H2,1H3,(H,37,41). The van der Waals surface area contributed by atoms with E-state index in [1.165, 1.54) is 36.5 Å². The molecule has 234 valence electrons. The molecule has 11 nitrogen and oxygen atoms in total. The van der Waals surface area contributed by atoms with Gasteiger partial charge in [-0.05, 0) is 100.0 Å². The van der Waals surface area contributed by atoms with Gasteiger partial charge in [-0.25, -0.2) is 18.2 Å². The summed E-state index contributed by atoms with van der Waals surface area (Å²) in [5.74, 6) is 0.303. The molecule has 0 radical (unpaired) electrons. The average molecular weight is 629 g/mol. The van der Waals surface area contributed by atoms with Crippen LogP contribution in [0.5, 0.6) is 5.88 Å². The maximum Gasteiger partial charge on any atom is 0.318 e. The molecule has 45 heavy (non-hydrogen) atoms. The van der Waals surface area contributed by atoms with Gasteiger partial charge in [-0.1, -0.05) is 18.2 Å². The Kier molecular flexibility index (Phi) is 8.48. The number of pyridine rings is 1. The minimum Gasteiger partial charge on any atom is -0.478 e. The third kappa shape index (κ3) is 5.40. The van der Waals surface area contributed by atoms with Gasteiger partial charge in [0.05, 0.1) is 34.4 Å². The number of benzene rings is 2. The first-order valence-corrected chi connectivity index (χ1v) is 16.8. The highest BCUT2D eigenvalue weighted by Crippen LogP contribution is 2.49. The zero-order valence-corrected chi connectivity index (χ0v) is 25.9. The Hall–Kier alpha value is -4.47. The number of piperidine rings is 2. The molecule has 12 heteroatoms. The highest BCUT2D eigenvalue weighted by atomic mass is 32.2. The lowest BCUT2D eigenvalue weighted by Gasteiger charge is -2.39. The number of nitrogens with one attached hydrogen (secondary N) is 2. The molecule has 0 aliphatic carbocycles. The fraction of sp³-hybridized carbons (Fsp3) is 0.394. The van der Waals surface area contributed by atoms with Gasteiger partial charge in [-0.15, -0.1) is 0 Å². The largest absolute Gasteiger partial charge is 0.478 e. The van der Waals surface area contributed by atoms with Crippen molar-refractivity contribution in [2.24, 2.45) is 11.8 Å². The molecular weight excluding hydrogens is 592 g/mol. The molecule has 2 fully saturated rings. The summed E-state index contributed by atoms with van der Waals surface area (Å²) >= 11 is 0. The predicted octanol–water partition coefficient (Wildman–Crippen LogP) is 3.75. The van der Waals surface area contributed by atoms with Crippen LogP contribution in [0.2, 0.25) is 0 Å². The van der Waals surface area contributed by atoms with E-state index < -0.39 is 27.5 Å². The fourth-order valence-electron chi connectivity index (χ4n) is 6.90. The van der Waals surface area contributed by atoms with Crippen molar-refractivity contribution in [2.45, 2.75) is 43.0 Å². The van der Waals surface area contributed by atoms with Crippen LogP contribution in [0.25, 0.3) is 0 Å². The molecule has 0 spiro atoms. The maximum absolute atomic E-state index is 14.9. The predicted molar refractivity (Wildman–Crippen MR) is 167 cm³/mol. The molecule has 0 saturated carbocycles. The minimum atomic E-state index is -4.44. The average Bonchev–Trinajstić information content (AvgIpc) is 3.33. The van der Waals surface area contributed by atoms with Gasteiger partial charge in [-0.2, -0.15) is 9.57 Å². The van der Waals surface area contributed by atoms with E-state index in [0.717, 1.165) is 43.1 Å². The van der Waals surface area contributed by atoms with Gasteiger partial charge in [0.25, 0.3) is 15.9 Å². The van der Waals surface area contributed by atoms with E-state index in [2.05, 4.69) is 21.7 Å². The van der Waals surface area contributed by atoms with Crippen LogP contribution in [0.3, 0.4) is 0 Å². The van der Waals surface area contributed by atoms with Gasteiger partial charge in [0, 0.05) is 24.8 Å². The van der Waals surface area contributed by atoms with Crippen molar-refractivity contribution in [3.05, 3.63) is 83.6 Å². The number of anilines is 1. The monoisotopic (exact) mass is 628 g/mol. The van der Waals surface area contributed by atoms with Gasteiger partial charge >= 0.3 is 6.03 Å². The Balaban J connectivity index is 1.45. The van der Waals surface area contributed by atoms with Crippen molar-refractivity contribution >= 4 is 27.6 Å². The molecule has 3 amide bonds. The van der Waals surface area contributed by atoms with Crippen LogP contribution in [0.4, 0.5) is 10.5 Å². The molecule has 1 unspecified atom stereocenters. The number of aromatic nitrogens is 1. The topological polar surface area (TPSA) is 145 Å². The Morgan fingerprint density at radius 1 is 1.04 bits per heavy atom. The lowest BCUT2D eigenvalue weighted by atomic mass is 9.79. The van der Waals surface area contributed by atoms with E-state index in [0.29, 0.717) is 24.9 Å². The van der Waals surface area contributed by atoms with Gasteiger partial charge in [0.15, 0.2) is 5.54 Å². The second-order valence-electron chi connectivity index (χ2n) is 11.6. The van der Waals surface area contributed by atoms with Crippen LogP contribution < -0.4 is 19.7 Å². The lowest BCUT2D eigenvalue weighted by Crippen LogP contribution is -2.58. The number of hydrogen-bond acceptors (Lipinski definition) is 8. The summed E-state index contributed by atoms with van der Waals surface area (Å²) < 4.78 is 34.8. The summed E-state index contributed by atoms with van der Waals surface area (Å²) in [5, 5.41) is 16.2. The molecule has 3 aliphatic rings. The Bertz CT molecular complexity index is 1730. The van der Waals surface area contributed by atoms with Crippen molar-refractivity contribution in [1.82, 2.24) is 20.5 Å². The molecule has 0 bridgehead atoms. The van der Waals surface area contributed by atoms with Crippen LogP contribution >= 0.6 is 0 Å². The fourth-order valence-corrected chi connectivity index (χ4v) is 8.39. The van der Waals surface area contributed by atoms with Crippen molar-refractivity contribution in [2.75, 3.05) is 37.1 Å². The molecule has 2 saturated heterocycles. The Labute approximate surface area is 263 Å². The van der Waals surface area contributed by atoms with Crippen LogP contribution in [-0.2, 0) is 20.4 Å². The number of carbonyl (C=O) groups is 2. The third-order valence-electron chi connectivity index (χ3n) is 9.16. The number of fused-ring (bicyclic) bond motifs is 1. The number of rotatable bonds is 7. The summed E-state index contributed by atoms with van der Waals surface area (Å²) in [5.41, 5.74) is -1.48. The minimum absolute atomic E-state index is 0.0408. The number of amides is 3. The van der Waals surface area contributed by atoms with Crippen molar-refractivity contribution in [3.63, 3.8) is 0 Å². The number of ether oxygens (including phenoxy) is 1. The number of nitriles is 1. The number of likely N-dealkylation sites (tertiary alicyclic amines) is 1. The SMILES string of the molecule is CCOc1ncccc1C1(NC(=O)N2CCC(C3CCNCC3)CC2)C(=O)N(S(=O)(=O)c2ccccc2)c2ccc(C#N)cc21. The maximum atomic E-state index is 14.9. The number of sulfonamides is 1. The zero-order chi connectivity index (χ0) is 31.6. The van der Waals surface area contributed by atoms with Crippen molar-refractivity contribution in [1.29, 1.82) is 5.26 Å². The molecule has 2 N–H and O–H groups in total. The molecule has 3 aromatic rings. The number of carbonyl (C=O) groups excluding carboxylic acids is 2. The van der Waals surface area contributed by atoms with Gasteiger partial charge in [0.2, 0.25) is 5.88 Å². The van der Waals surface area contributed by atoms with E-state index in [4.69, 9.17) is 4.74 Å². The third-order valence-corrected chi connectivity index (χ3v) is 10.9. The Morgan fingerprint density at radius 2 is 1.76 bits per heavy atom. The highest BCUT2D eigenvalue weighted by Gasteiger charge is 2.59. The van der Waals surface area contributed by atoms with E-state index in [1.54, 1.807) is 42.2 Å². The van der Waals surface area contributed by atoms with Crippen LogP contribution in [0.15, 0.2) is 71.8 Å². The second kappa shape index (κ2) is 12.5. The van der Waals surface area contributed by atoms with Gasteiger partial charge in [0.1, 0.15) is 0 Å². The van der Waals surface area contributed by atoms with E-state index >= 15 is 0 Å². The summed E-state index contributed by atoms with van der Waals surface area (Å²) in [6.45, 7) is 5.01. The quantitative estimate of drug-likeness (QED) is 0.403. The summed E-state index contributed by atoms with van der Waals surface area (Å²) in [6, 6.07) is 16.8. The molecule has 4 heterocycles. The van der Waals surface area contributed by atoms with E-state index in [-0.39, 0.29) is 39.8 Å². The number of hydrogen-bond donors (Lipinski definition) is 2. The molecule has 3 aliphatic heterocycles. The van der Waals surface area contributed by atoms with Crippen LogP contribution in [0.1, 0.15) is 49.3 Å². The van der Waals surface area contributed by atoms with E-state index in [9.17, 15) is 23.3 Å². The summed E-state index contributed by atoms with van der Waals surface area (Å²) in [7, 11) is -4.44. The molecule has 1 atom stereocenters. The number of nitrogens with zero attached hydrogens (tertiary/aromatic N) is 4. The van der Waals surface area contributed by atoms with Crippen LogP contribution in [-0.4, -0.2) is 63.0 Å². The molecule has 2 aromatic carbocycles. The van der Waals surface area contributed by atoms with Gasteiger partial charge < -0.3 is 20.3 Å². The first kappa shape index (κ1) is 30.6. The molecule has 6 rings (SSSR count). The smallest absolute Gasteiger partial charge is 0.318 e. The van der Waals surface area contributed by atoms with Crippen molar-refractivity contribution < 1.29 is 22.7 Å². The lowest BCUT2D eigenvalue weighted by molar-refractivity contribution is -0.121. The summed E-state index contributed by atoms with van der Waals surface area (Å²) in [4.78, 5) is 35.0.